The largest absolute Gasteiger partial charge is 0.304 e. The number of ketones is 1. The smallest absolute Gasteiger partial charge is 0.258 e. The van der Waals surface area contributed by atoms with Crippen molar-refractivity contribution in [2.24, 2.45) is 0 Å². The standard InChI is InChI=1S/C18H15Cl2NO2S/c1-10-7-17(22)13-9-12(24-2)4-6-16(13)21(10)18(23)11-3-5-14(19)15(20)8-11/h3-6,8-10H,7H2,1-2H3. The molecule has 0 saturated carbocycles. The average Bonchev–Trinajstić information content (AvgIpc) is 2.57. The van der Waals surface area contributed by atoms with Gasteiger partial charge in [-0.05, 0) is 49.6 Å². The highest BCUT2D eigenvalue weighted by molar-refractivity contribution is 7.98. The van der Waals surface area contributed by atoms with Gasteiger partial charge in [0, 0.05) is 28.5 Å². The molecule has 0 fully saturated rings. The van der Waals surface area contributed by atoms with E-state index in [1.807, 2.05) is 31.4 Å². The van der Waals surface area contributed by atoms with E-state index in [1.54, 1.807) is 34.9 Å². The number of fused-ring (bicyclic) bond motifs is 1. The Balaban J connectivity index is 2.07. The molecule has 1 aliphatic rings. The molecule has 1 amide bonds. The van der Waals surface area contributed by atoms with Gasteiger partial charge >= 0.3 is 0 Å². The first-order valence-corrected chi connectivity index (χ1v) is 9.40. The summed E-state index contributed by atoms with van der Waals surface area (Å²) in [6.45, 7) is 1.87. The van der Waals surface area contributed by atoms with E-state index in [9.17, 15) is 9.59 Å². The number of anilines is 1. The number of nitrogens with zero attached hydrogens (tertiary/aromatic N) is 1. The van der Waals surface area contributed by atoms with Crippen LogP contribution in [0.2, 0.25) is 10.0 Å². The van der Waals surface area contributed by atoms with Gasteiger partial charge in [0.2, 0.25) is 0 Å². The molecule has 1 atom stereocenters. The quantitative estimate of drug-likeness (QED) is 0.661. The maximum Gasteiger partial charge on any atom is 0.258 e. The molecule has 2 aromatic rings. The van der Waals surface area contributed by atoms with Crippen molar-refractivity contribution >= 4 is 52.3 Å². The zero-order valence-electron chi connectivity index (χ0n) is 13.2. The second-order valence-corrected chi connectivity index (χ2v) is 7.36. The van der Waals surface area contributed by atoms with E-state index in [0.717, 1.165) is 4.90 Å². The molecular weight excluding hydrogens is 365 g/mol. The third kappa shape index (κ3) is 3.06. The number of halogens is 2. The molecule has 3 nitrogen and oxygen atoms in total. The Hall–Kier alpha value is -1.49. The summed E-state index contributed by atoms with van der Waals surface area (Å²) in [6, 6.07) is 10.2. The lowest BCUT2D eigenvalue weighted by Crippen LogP contribution is -2.44. The van der Waals surface area contributed by atoms with Crippen LogP contribution in [-0.4, -0.2) is 24.0 Å². The molecule has 124 valence electrons. The second-order valence-electron chi connectivity index (χ2n) is 5.66. The van der Waals surface area contributed by atoms with E-state index < -0.39 is 0 Å². The van der Waals surface area contributed by atoms with Gasteiger partial charge in [0.05, 0.1) is 15.7 Å². The monoisotopic (exact) mass is 379 g/mol. The maximum atomic E-state index is 13.0. The fourth-order valence-corrected chi connectivity index (χ4v) is 3.60. The minimum absolute atomic E-state index is 0.0617. The van der Waals surface area contributed by atoms with Crippen molar-refractivity contribution in [1.82, 2.24) is 0 Å². The van der Waals surface area contributed by atoms with Crippen LogP contribution in [0.4, 0.5) is 5.69 Å². The van der Waals surface area contributed by atoms with Crippen molar-refractivity contribution < 1.29 is 9.59 Å². The van der Waals surface area contributed by atoms with Gasteiger partial charge in [-0.1, -0.05) is 23.2 Å². The number of amides is 1. The van der Waals surface area contributed by atoms with E-state index in [-0.39, 0.29) is 17.7 Å². The molecule has 24 heavy (non-hydrogen) atoms. The molecule has 1 unspecified atom stereocenters. The lowest BCUT2D eigenvalue weighted by molar-refractivity contribution is 0.0936. The second kappa shape index (κ2) is 6.79. The zero-order chi connectivity index (χ0) is 17.4. The first kappa shape index (κ1) is 17.3. The lowest BCUT2D eigenvalue weighted by Gasteiger charge is -2.34. The van der Waals surface area contributed by atoms with Gasteiger partial charge in [0.25, 0.3) is 5.91 Å². The number of Topliss-reactive ketones (excluding diaryl/α,β-unsaturated/α-hetero) is 1. The van der Waals surface area contributed by atoms with Crippen molar-refractivity contribution in [3.8, 4) is 0 Å². The maximum absolute atomic E-state index is 13.0. The number of thioether (sulfide) groups is 1. The first-order valence-electron chi connectivity index (χ1n) is 7.42. The van der Waals surface area contributed by atoms with Crippen LogP contribution in [0.1, 0.15) is 34.1 Å². The summed E-state index contributed by atoms with van der Waals surface area (Å²) >= 11 is 13.5. The molecule has 0 N–H and O–H groups in total. The van der Waals surface area contributed by atoms with Gasteiger partial charge in [-0.2, -0.15) is 0 Å². The van der Waals surface area contributed by atoms with Crippen LogP contribution in [0, 0.1) is 0 Å². The number of benzene rings is 2. The fraction of sp³-hybridized carbons (Fsp3) is 0.222. The van der Waals surface area contributed by atoms with Crippen molar-refractivity contribution in [2.75, 3.05) is 11.2 Å². The molecule has 0 radical (unpaired) electrons. The minimum Gasteiger partial charge on any atom is -0.304 e. The van der Waals surface area contributed by atoms with E-state index in [4.69, 9.17) is 23.2 Å². The molecule has 1 aliphatic heterocycles. The molecule has 1 heterocycles. The Morgan fingerprint density at radius 2 is 1.92 bits per heavy atom. The normalized spacial score (nSPS) is 16.9. The van der Waals surface area contributed by atoms with E-state index in [1.165, 1.54) is 0 Å². The summed E-state index contributed by atoms with van der Waals surface area (Å²) in [7, 11) is 0. The molecule has 0 spiro atoms. The molecular formula is C18H15Cl2NO2S. The van der Waals surface area contributed by atoms with Gasteiger partial charge in [-0.25, -0.2) is 0 Å². The Labute approximate surface area is 154 Å². The highest BCUT2D eigenvalue weighted by Gasteiger charge is 2.33. The summed E-state index contributed by atoms with van der Waals surface area (Å²) < 4.78 is 0. The molecule has 0 bridgehead atoms. The third-order valence-electron chi connectivity index (χ3n) is 4.07. The third-order valence-corrected chi connectivity index (χ3v) is 5.53. The zero-order valence-corrected chi connectivity index (χ0v) is 15.5. The van der Waals surface area contributed by atoms with Crippen molar-refractivity contribution in [2.45, 2.75) is 24.3 Å². The fourth-order valence-electron chi connectivity index (χ4n) is 2.86. The Morgan fingerprint density at radius 3 is 2.58 bits per heavy atom. The summed E-state index contributed by atoms with van der Waals surface area (Å²) in [5.74, 6) is -0.127. The highest BCUT2D eigenvalue weighted by Crippen LogP contribution is 2.35. The van der Waals surface area contributed by atoms with Crippen LogP contribution in [0.5, 0.6) is 0 Å². The van der Waals surface area contributed by atoms with Crippen LogP contribution < -0.4 is 4.90 Å². The molecule has 2 aromatic carbocycles. The lowest BCUT2D eigenvalue weighted by atomic mass is 9.94. The average molecular weight is 380 g/mol. The summed E-state index contributed by atoms with van der Waals surface area (Å²) in [4.78, 5) is 28.1. The van der Waals surface area contributed by atoms with Crippen LogP contribution >= 0.6 is 35.0 Å². The molecule has 3 rings (SSSR count). The Morgan fingerprint density at radius 1 is 1.17 bits per heavy atom. The number of carbonyl (C=O) groups excluding carboxylic acids is 2. The van der Waals surface area contributed by atoms with E-state index in [0.29, 0.717) is 33.3 Å². The SMILES string of the molecule is CSc1ccc2c(c1)C(=O)CC(C)N2C(=O)c1ccc(Cl)c(Cl)c1. The van der Waals surface area contributed by atoms with Crippen molar-refractivity contribution in [1.29, 1.82) is 0 Å². The molecule has 0 saturated heterocycles. The molecule has 0 aromatic heterocycles. The number of hydrogen-bond acceptors (Lipinski definition) is 3. The summed E-state index contributed by atoms with van der Waals surface area (Å²) in [5, 5.41) is 0.737. The van der Waals surface area contributed by atoms with Crippen LogP contribution in [0.25, 0.3) is 0 Å². The summed E-state index contributed by atoms with van der Waals surface area (Å²) in [5.41, 5.74) is 1.69. The topological polar surface area (TPSA) is 37.4 Å². The van der Waals surface area contributed by atoms with Gasteiger partial charge in [-0.3, -0.25) is 9.59 Å². The minimum atomic E-state index is -0.216. The van der Waals surface area contributed by atoms with Gasteiger partial charge in [0.1, 0.15) is 0 Å². The molecule has 0 aliphatic carbocycles. The Bertz CT molecular complexity index is 838. The van der Waals surface area contributed by atoms with E-state index in [2.05, 4.69) is 0 Å². The van der Waals surface area contributed by atoms with Gasteiger partial charge in [0.15, 0.2) is 5.78 Å². The van der Waals surface area contributed by atoms with E-state index >= 15 is 0 Å². The summed E-state index contributed by atoms with van der Waals surface area (Å²) in [6.07, 6.45) is 2.26. The van der Waals surface area contributed by atoms with Crippen molar-refractivity contribution in [3.05, 3.63) is 57.6 Å². The van der Waals surface area contributed by atoms with Crippen LogP contribution in [0.15, 0.2) is 41.3 Å². The highest BCUT2D eigenvalue weighted by atomic mass is 35.5. The van der Waals surface area contributed by atoms with Crippen molar-refractivity contribution in [3.63, 3.8) is 0 Å². The predicted octanol–water partition coefficient (Wildman–Crippen LogP) is 5.34. The predicted molar refractivity (Wildman–Crippen MR) is 99.9 cm³/mol. The number of carbonyl (C=O) groups is 2. The Kier molecular flexibility index (Phi) is 4.90. The van der Waals surface area contributed by atoms with Crippen LogP contribution in [-0.2, 0) is 0 Å². The number of rotatable bonds is 2. The first-order chi connectivity index (χ1) is 11.4. The van der Waals surface area contributed by atoms with Crippen LogP contribution in [0.3, 0.4) is 0 Å². The van der Waals surface area contributed by atoms with Gasteiger partial charge < -0.3 is 4.90 Å². The van der Waals surface area contributed by atoms with Gasteiger partial charge in [-0.15, -0.1) is 11.8 Å². The molecule has 6 heteroatoms. The number of hydrogen-bond donors (Lipinski definition) is 0.